The number of nitrogens with one attached hydrogen (secondary N) is 1. The molecule has 2 aromatic carbocycles. The first-order valence-corrected chi connectivity index (χ1v) is 7.17. The van der Waals surface area contributed by atoms with Crippen LogP contribution < -0.4 is 10.3 Å². The minimum absolute atomic E-state index is 0.119. The third kappa shape index (κ3) is 2.17. The molecule has 0 amide bonds. The van der Waals surface area contributed by atoms with Gasteiger partial charge in [0.2, 0.25) is 0 Å². The van der Waals surface area contributed by atoms with Gasteiger partial charge < -0.3 is 9.72 Å². The van der Waals surface area contributed by atoms with Crippen LogP contribution in [-0.4, -0.2) is 17.1 Å². The fourth-order valence-electron chi connectivity index (χ4n) is 2.83. The van der Waals surface area contributed by atoms with Crippen molar-refractivity contribution in [3.05, 3.63) is 57.4 Å². The Morgan fingerprint density at radius 3 is 2.55 bits per heavy atom. The standard InChI is InChI=1S/C18H18N2O2/c1-10-9-14(11(2)12(3)16(10)22-4)17-19-15-8-6-5-7-13(15)18(21)20-17/h5-9H,1-4H3,(H,19,20,21). The molecule has 1 N–H and O–H groups in total. The normalized spacial score (nSPS) is 10.9. The monoisotopic (exact) mass is 294 g/mol. The van der Waals surface area contributed by atoms with E-state index in [4.69, 9.17) is 4.74 Å². The molecular weight excluding hydrogens is 276 g/mol. The van der Waals surface area contributed by atoms with E-state index in [2.05, 4.69) is 9.97 Å². The molecule has 0 bridgehead atoms. The molecule has 3 aromatic rings. The maximum Gasteiger partial charge on any atom is 0.259 e. The molecule has 0 saturated carbocycles. The van der Waals surface area contributed by atoms with E-state index in [9.17, 15) is 4.79 Å². The second-order valence-corrected chi connectivity index (χ2v) is 5.46. The Morgan fingerprint density at radius 2 is 1.82 bits per heavy atom. The summed E-state index contributed by atoms with van der Waals surface area (Å²) in [7, 11) is 1.67. The number of hydrogen-bond acceptors (Lipinski definition) is 3. The largest absolute Gasteiger partial charge is 0.496 e. The minimum Gasteiger partial charge on any atom is -0.496 e. The lowest BCUT2D eigenvalue weighted by atomic mass is 9.98. The van der Waals surface area contributed by atoms with Gasteiger partial charge in [0, 0.05) is 5.56 Å². The first-order chi connectivity index (χ1) is 10.5. The lowest BCUT2D eigenvalue weighted by Gasteiger charge is -2.15. The maximum atomic E-state index is 12.3. The van der Waals surface area contributed by atoms with Crippen molar-refractivity contribution in [3.63, 3.8) is 0 Å². The van der Waals surface area contributed by atoms with E-state index in [0.29, 0.717) is 16.7 Å². The van der Waals surface area contributed by atoms with Crippen molar-refractivity contribution < 1.29 is 4.74 Å². The molecular formula is C18H18N2O2. The van der Waals surface area contributed by atoms with Gasteiger partial charge in [-0.1, -0.05) is 12.1 Å². The van der Waals surface area contributed by atoms with Crippen LogP contribution in [0.2, 0.25) is 0 Å². The van der Waals surface area contributed by atoms with Gasteiger partial charge in [-0.3, -0.25) is 4.79 Å². The van der Waals surface area contributed by atoms with Crippen LogP contribution in [0.15, 0.2) is 35.1 Å². The Kier molecular flexibility index (Phi) is 3.45. The molecule has 4 nitrogen and oxygen atoms in total. The van der Waals surface area contributed by atoms with Crippen molar-refractivity contribution in [1.82, 2.24) is 9.97 Å². The highest BCUT2D eigenvalue weighted by molar-refractivity contribution is 5.80. The number of fused-ring (bicyclic) bond motifs is 1. The summed E-state index contributed by atoms with van der Waals surface area (Å²) in [6.45, 7) is 6.03. The molecule has 0 saturated heterocycles. The van der Waals surface area contributed by atoms with E-state index in [0.717, 1.165) is 28.0 Å². The van der Waals surface area contributed by atoms with Gasteiger partial charge >= 0.3 is 0 Å². The van der Waals surface area contributed by atoms with Crippen LogP contribution in [0.1, 0.15) is 16.7 Å². The average molecular weight is 294 g/mol. The Labute approximate surface area is 128 Å². The van der Waals surface area contributed by atoms with Crippen LogP contribution in [0.5, 0.6) is 5.75 Å². The molecule has 0 spiro atoms. The summed E-state index contributed by atoms with van der Waals surface area (Å²) in [6, 6.07) is 9.37. The molecule has 0 aliphatic carbocycles. The molecule has 1 aromatic heterocycles. The molecule has 1 heterocycles. The van der Waals surface area contributed by atoms with Gasteiger partial charge in [0.05, 0.1) is 18.0 Å². The van der Waals surface area contributed by atoms with E-state index in [1.54, 1.807) is 13.2 Å². The molecule has 0 aliphatic heterocycles. The summed E-state index contributed by atoms with van der Waals surface area (Å²) < 4.78 is 5.45. The van der Waals surface area contributed by atoms with Crippen molar-refractivity contribution in [1.29, 1.82) is 0 Å². The summed E-state index contributed by atoms with van der Waals surface area (Å²) >= 11 is 0. The van der Waals surface area contributed by atoms with E-state index >= 15 is 0 Å². The highest BCUT2D eigenvalue weighted by atomic mass is 16.5. The predicted octanol–water partition coefficient (Wildman–Crippen LogP) is 3.52. The summed E-state index contributed by atoms with van der Waals surface area (Å²) in [5.41, 5.74) is 4.65. The SMILES string of the molecule is COc1c(C)cc(-c2nc3ccccc3c(=O)[nH]2)c(C)c1C. The molecule has 0 fully saturated rings. The molecule has 0 radical (unpaired) electrons. The zero-order valence-electron chi connectivity index (χ0n) is 13.2. The average Bonchev–Trinajstić information content (AvgIpc) is 2.51. The number of benzene rings is 2. The Morgan fingerprint density at radius 1 is 1.09 bits per heavy atom. The van der Waals surface area contributed by atoms with Crippen LogP contribution in [0.3, 0.4) is 0 Å². The molecule has 4 heteroatoms. The van der Waals surface area contributed by atoms with Crippen LogP contribution in [-0.2, 0) is 0 Å². The van der Waals surface area contributed by atoms with Gasteiger partial charge in [-0.15, -0.1) is 0 Å². The molecule has 3 rings (SSSR count). The van der Waals surface area contributed by atoms with Crippen LogP contribution in [0, 0.1) is 20.8 Å². The highest BCUT2D eigenvalue weighted by Gasteiger charge is 2.14. The summed E-state index contributed by atoms with van der Waals surface area (Å²) in [4.78, 5) is 19.8. The number of rotatable bonds is 2. The number of H-pyrrole nitrogens is 1. The second-order valence-electron chi connectivity index (χ2n) is 5.46. The quantitative estimate of drug-likeness (QED) is 0.786. The lowest BCUT2D eigenvalue weighted by molar-refractivity contribution is 0.408. The van der Waals surface area contributed by atoms with E-state index < -0.39 is 0 Å². The number of aromatic amines is 1. The third-order valence-electron chi connectivity index (χ3n) is 4.10. The number of methoxy groups -OCH3 is 1. The molecule has 0 aliphatic rings. The zero-order valence-corrected chi connectivity index (χ0v) is 13.2. The second kappa shape index (κ2) is 5.30. The first kappa shape index (κ1) is 14.3. The van der Waals surface area contributed by atoms with Gasteiger partial charge in [-0.25, -0.2) is 4.98 Å². The van der Waals surface area contributed by atoms with Crippen LogP contribution in [0.25, 0.3) is 22.3 Å². The number of hydrogen-bond donors (Lipinski definition) is 1. The zero-order chi connectivity index (χ0) is 15.9. The topological polar surface area (TPSA) is 55.0 Å². The van der Waals surface area contributed by atoms with Gasteiger partial charge in [0.25, 0.3) is 5.56 Å². The lowest BCUT2D eigenvalue weighted by Crippen LogP contribution is -2.10. The van der Waals surface area contributed by atoms with Crippen molar-refractivity contribution in [2.45, 2.75) is 20.8 Å². The van der Waals surface area contributed by atoms with Gasteiger partial charge in [-0.05, 0) is 55.7 Å². The van der Waals surface area contributed by atoms with E-state index in [1.807, 2.05) is 45.0 Å². The highest BCUT2D eigenvalue weighted by Crippen LogP contribution is 2.32. The van der Waals surface area contributed by atoms with Gasteiger partial charge in [0.1, 0.15) is 11.6 Å². The summed E-state index contributed by atoms with van der Waals surface area (Å²) in [6.07, 6.45) is 0. The summed E-state index contributed by atoms with van der Waals surface area (Å²) in [5, 5.41) is 0.603. The van der Waals surface area contributed by atoms with Crippen molar-refractivity contribution in [2.75, 3.05) is 7.11 Å². The molecule has 0 unspecified atom stereocenters. The minimum atomic E-state index is -0.119. The van der Waals surface area contributed by atoms with Crippen molar-refractivity contribution >= 4 is 10.9 Å². The van der Waals surface area contributed by atoms with Crippen molar-refractivity contribution in [3.8, 4) is 17.1 Å². The Hall–Kier alpha value is -2.62. The Balaban J connectivity index is 2.31. The maximum absolute atomic E-state index is 12.3. The fourth-order valence-corrected chi connectivity index (χ4v) is 2.83. The van der Waals surface area contributed by atoms with Crippen LogP contribution >= 0.6 is 0 Å². The summed E-state index contributed by atoms with van der Waals surface area (Å²) in [5.74, 6) is 1.47. The fraction of sp³-hybridized carbons (Fsp3) is 0.222. The number of aromatic nitrogens is 2. The predicted molar refractivity (Wildman–Crippen MR) is 88.6 cm³/mol. The van der Waals surface area contributed by atoms with Crippen LogP contribution in [0.4, 0.5) is 0 Å². The van der Waals surface area contributed by atoms with E-state index in [1.165, 1.54) is 0 Å². The number of ether oxygens (including phenoxy) is 1. The number of nitrogens with zero attached hydrogens (tertiary/aromatic N) is 1. The molecule has 22 heavy (non-hydrogen) atoms. The third-order valence-corrected chi connectivity index (χ3v) is 4.10. The number of para-hydroxylation sites is 1. The van der Waals surface area contributed by atoms with Gasteiger partial charge in [0.15, 0.2) is 0 Å². The molecule has 112 valence electrons. The van der Waals surface area contributed by atoms with Gasteiger partial charge in [-0.2, -0.15) is 0 Å². The van der Waals surface area contributed by atoms with Crippen molar-refractivity contribution in [2.24, 2.45) is 0 Å². The molecule has 0 atom stereocenters. The number of aryl methyl sites for hydroxylation is 1. The Bertz CT molecular complexity index is 926. The van der Waals surface area contributed by atoms with E-state index in [-0.39, 0.29) is 5.56 Å². The first-order valence-electron chi connectivity index (χ1n) is 7.17. The smallest absolute Gasteiger partial charge is 0.259 e.